The van der Waals surface area contributed by atoms with E-state index in [0.717, 1.165) is 5.56 Å². The number of Topliss-reactive ketones (excluding diaryl/α,β-unsaturated/α-hetero) is 1. The fraction of sp³-hybridized carbons (Fsp3) is 0.364. The number of fused-ring (bicyclic) bond motifs is 1. The summed E-state index contributed by atoms with van der Waals surface area (Å²) in [5.74, 6) is -2.08. The standard InChI is InChI=1S/C22H22N2O7S/c1-22(2)30-18-17(16(25)20(24-23)32(26,27)15-11-7-4-8-12-15)29-21(19(18)31-22)28-13-14-9-5-3-6-10-14/h3-12,17-19,21H,13H2,1-2H3. The van der Waals surface area contributed by atoms with Crippen molar-refractivity contribution in [1.82, 2.24) is 0 Å². The minimum Gasteiger partial charge on any atom is -0.360 e. The number of nitrogens with zero attached hydrogens (tertiary/aromatic N) is 2. The smallest absolute Gasteiger partial charge is 0.360 e. The molecule has 0 aromatic heterocycles. The van der Waals surface area contributed by atoms with Crippen molar-refractivity contribution >= 4 is 20.7 Å². The van der Waals surface area contributed by atoms with Crippen LogP contribution in [0.1, 0.15) is 19.4 Å². The van der Waals surface area contributed by atoms with Gasteiger partial charge in [-0.05, 0) is 31.5 Å². The zero-order valence-electron chi connectivity index (χ0n) is 17.5. The molecule has 2 aromatic rings. The molecule has 0 N–H and O–H groups in total. The third-order valence-corrected chi connectivity index (χ3v) is 6.82. The highest BCUT2D eigenvalue weighted by atomic mass is 32.2. The molecule has 32 heavy (non-hydrogen) atoms. The Kier molecular flexibility index (Phi) is 6.09. The van der Waals surface area contributed by atoms with Gasteiger partial charge in [-0.1, -0.05) is 48.5 Å². The van der Waals surface area contributed by atoms with Crippen LogP contribution in [0.25, 0.3) is 5.53 Å². The summed E-state index contributed by atoms with van der Waals surface area (Å²) in [5, 5.41) is -1.04. The molecule has 0 radical (unpaired) electrons. The number of hydrogen-bond donors (Lipinski definition) is 0. The van der Waals surface area contributed by atoms with Crippen molar-refractivity contribution in [3.05, 3.63) is 71.8 Å². The maximum absolute atomic E-state index is 13.2. The second-order valence-corrected chi connectivity index (χ2v) is 9.74. The predicted octanol–water partition coefficient (Wildman–Crippen LogP) is 2.12. The van der Waals surface area contributed by atoms with Gasteiger partial charge in [0.1, 0.15) is 12.2 Å². The number of carbonyl (C=O) groups excluding carboxylic acids is 1. The van der Waals surface area contributed by atoms with Crippen molar-refractivity contribution in [2.24, 2.45) is 0 Å². The molecule has 2 heterocycles. The van der Waals surface area contributed by atoms with E-state index in [1.54, 1.807) is 19.9 Å². The van der Waals surface area contributed by atoms with Crippen LogP contribution in [0.4, 0.5) is 0 Å². The molecule has 2 aliphatic rings. The lowest BCUT2D eigenvalue weighted by Crippen LogP contribution is -2.42. The van der Waals surface area contributed by atoms with Crippen molar-refractivity contribution in [3.63, 3.8) is 0 Å². The summed E-state index contributed by atoms with van der Waals surface area (Å²) in [7, 11) is -4.38. The second kappa shape index (κ2) is 8.67. The van der Waals surface area contributed by atoms with Crippen LogP contribution in [0.2, 0.25) is 0 Å². The average Bonchev–Trinajstić information content (AvgIpc) is 3.26. The maximum Gasteiger partial charge on any atom is 0.454 e. The zero-order valence-corrected chi connectivity index (χ0v) is 18.3. The lowest BCUT2D eigenvalue weighted by atomic mass is 10.1. The van der Waals surface area contributed by atoms with Gasteiger partial charge >= 0.3 is 5.04 Å². The molecule has 4 unspecified atom stereocenters. The van der Waals surface area contributed by atoms with Crippen molar-refractivity contribution in [2.45, 2.75) is 55.7 Å². The number of rotatable bonds is 6. The van der Waals surface area contributed by atoms with Crippen molar-refractivity contribution in [2.75, 3.05) is 0 Å². The van der Waals surface area contributed by atoms with Crippen molar-refractivity contribution in [1.29, 1.82) is 0 Å². The molecule has 2 aromatic carbocycles. The van der Waals surface area contributed by atoms with Gasteiger partial charge < -0.3 is 24.5 Å². The van der Waals surface area contributed by atoms with Gasteiger partial charge in [-0.2, -0.15) is 0 Å². The number of carbonyl (C=O) groups is 1. The van der Waals surface area contributed by atoms with E-state index >= 15 is 0 Å². The Morgan fingerprint density at radius 1 is 1.03 bits per heavy atom. The number of ether oxygens (including phenoxy) is 4. The van der Waals surface area contributed by atoms with Crippen LogP contribution in [0.15, 0.2) is 65.6 Å². The van der Waals surface area contributed by atoms with Crippen molar-refractivity contribution in [3.8, 4) is 0 Å². The van der Waals surface area contributed by atoms with Crippen LogP contribution in [0, 0.1) is 0 Å². The summed E-state index contributed by atoms with van der Waals surface area (Å²) < 4.78 is 49.1. The van der Waals surface area contributed by atoms with Gasteiger partial charge in [0.25, 0.3) is 15.6 Å². The Morgan fingerprint density at radius 2 is 1.62 bits per heavy atom. The predicted molar refractivity (Wildman–Crippen MR) is 111 cm³/mol. The minimum atomic E-state index is -4.38. The summed E-state index contributed by atoms with van der Waals surface area (Å²) in [5.41, 5.74) is 10.3. The van der Waals surface area contributed by atoms with Gasteiger partial charge in [-0.15, -0.1) is 4.79 Å². The third-order valence-electron chi connectivity index (χ3n) is 5.14. The molecule has 2 fully saturated rings. The molecule has 0 spiro atoms. The van der Waals surface area contributed by atoms with E-state index in [-0.39, 0.29) is 11.5 Å². The van der Waals surface area contributed by atoms with Crippen LogP contribution in [-0.4, -0.2) is 54.4 Å². The molecule has 0 aliphatic carbocycles. The lowest BCUT2D eigenvalue weighted by Gasteiger charge is -2.23. The van der Waals surface area contributed by atoms with Gasteiger partial charge in [0, 0.05) is 0 Å². The summed E-state index contributed by atoms with van der Waals surface area (Å²) in [6.45, 7) is 3.52. The van der Waals surface area contributed by atoms with Crippen LogP contribution in [-0.2, 0) is 40.2 Å². The summed E-state index contributed by atoms with van der Waals surface area (Å²) in [4.78, 5) is 15.8. The first-order valence-electron chi connectivity index (χ1n) is 9.96. The van der Waals surface area contributed by atoms with Crippen LogP contribution in [0.5, 0.6) is 0 Å². The number of hydrogen-bond acceptors (Lipinski definition) is 7. The monoisotopic (exact) mass is 458 g/mol. The minimum absolute atomic E-state index is 0.183. The molecule has 0 bridgehead atoms. The number of benzene rings is 2. The lowest BCUT2D eigenvalue weighted by molar-refractivity contribution is -0.233. The first-order valence-corrected chi connectivity index (χ1v) is 11.4. The Labute approximate surface area is 185 Å². The summed E-state index contributed by atoms with van der Waals surface area (Å²) in [6.07, 6.45) is -4.11. The number of ketones is 1. The Balaban J connectivity index is 1.59. The quantitative estimate of drug-likeness (QED) is 0.281. The van der Waals surface area contributed by atoms with Gasteiger partial charge in [0.2, 0.25) is 0 Å². The normalized spacial score (nSPS) is 26.3. The van der Waals surface area contributed by atoms with E-state index in [0.29, 0.717) is 0 Å². The van der Waals surface area contributed by atoms with E-state index < -0.39 is 51.1 Å². The zero-order chi connectivity index (χ0) is 22.9. The Bertz CT molecular complexity index is 1150. The largest absolute Gasteiger partial charge is 0.454 e. The van der Waals surface area contributed by atoms with E-state index in [2.05, 4.69) is 4.79 Å². The molecule has 168 valence electrons. The molecule has 2 saturated heterocycles. The first-order chi connectivity index (χ1) is 15.2. The molecular weight excluding hydrogens is 436 g/mol. The molecule has 10 heteroatoms. The van der Waals surface area contributed by atoms with E-state index in [4.69, 9.17) is 18.9 Å². The Hall–Kier alpha value is -2.72. The van der Waals surface area contributed by atoms with Gasteiger partial charge in [0.15, 0.2) is 18.2 Å². The van der Waals surface area contributed by atoms with Crippen LogP contribution in [0.3, 0.4) is 0 Å². The molecule has 0 saturated carbocycles. The molecular formula is C22H22N2O7S. The molecule has 9 nitrogen and oxygen atoms in total. The summed E-state index contributed by atoms with van der Waals surface area (Å²) in [6, 6.07) is 16.6. The van der Waals surface area contributed by atoms with E-state index in [1.807, 2.05) is 30.3 Å². The van der Waals surface area contributed by atoms with Gasteiger partial charge in [-0.3, -0.25) is 4.79 Å². The number of sulfone groups is 1. The fourth-order valence-corrected chi connectivity index (χ4v) is 4.95. The molecule has 4 atom stereocenters. The highest BCUT2D eigenvalue weighted by Gasteiger charge is 2.60. The average molecular weight is 458 g/mol. The van der Waals surface area contributed by atoms with Gasteiger partial charge in [-0.25, -0.2) is 8.42 Å². The maximum atomic E-state index is 13.2. The highest BCUT2D eigenvalue weighted by molar-refractivity contribution is 8.08. The van der Waals surface area contributed by atoms with Gasteiger partial charge in [0.05, 0.1) is 11.5 Å². The van der Waals surface area contributed by atoms with Crippen LogP contribution < -0.4 is 0 Å². The second-order valence-electron chi connectivity index (χ2n) is 7.87. The topological polar surface area (TPSA) is 125 Å². The molecule has 4 rings (SSSR count). The third kappa shape index (κ3) is 4.29. The molecule has 2 aliphatic heterocycles. The van der Waals surface area contributed by atoms with Crippen LogP contribution >= 0.6 is 0 Å². The van der Waals surface area contributed by atoms with E-state index in [1.165, 1.54) is 24.3 Å². The Morgan fingerprint density at radius 3 is 2.25 bits per heavy atom. The SMILES string of the molecule is CC1(C)OC2C(OCc3ccccc3)OC(C(=O)C(=[N+]=[N-])S(=O)(=O)c3ccccc3)C2O1. The highest BCUT2D eigenvalue weighted by Crippen LogP contribution is 2.40. The molecule has 0 amide bonds. The summed E-state index contributed by atoms with van der Waals surface area (Å²) >= 11 is 0. The first kappa shape index (κ1) is 22.5. The van der Waals surface area contributed by atoms with Crippen molar-refractivity contribution < 1.29 is 36.9 Å². The van der Waals surface area contributed by atoms with E-state index in [9.17, 15) is 18.7 Å². The fourth-order valence-electron chi connectivity index (χ4n) is 3.73.